The number of amides is 2. The van der Waals surface area contributed by atoms with E-state index in [1.807, 2.05) is 48.5 Å². The summed E-state index contributed by atoms with van der Waals surface area (Å²) in [6.07, 6.45) is 2.23. The molecule has 0 aliphatic heterocycles. The highest BCUT2D eigenvalue weighted by atomic mass is 16.2. The Labute approximate surface area is 158 Å². The van der Waals surface area contributed by atoms with Gasteiger partial charge in [0.1, 0.15) is 0 Å². The van der Waals surface area contributed by atoms with Gasteiger partial charge in [-0.25, -0.2) is 0 Å². The first-order valence-electron chi connectivity index (χ1n) is 8.75. The van der Waals surface area contributed by atoms with E-state index in [2.05, 4.69) is 15.6 Å². The minimum Gasteiger partial charge on any atom is -0.326 e. The normalized spacial score (nSPS) is 11.4. The molecule has 2 amide bonds. The largest absolute Gasteiger partial charge is 0.326 e. The standard InChI is InChI=1S/C22H21N3O2/c1-16(26)24-19-11-7-12-20(14-19)25-22(27)21(17-8-3-2-4-9-17)15-18-10-5-6-13-23-18/h2-14,21H,15H2,1H3,(H,24,26)(H,25,27). The molecule has 3 rings (SSSR count). The van der Waals surface area contributed by atoms with E-state index in [0.29, 0.717) is 17.8 Å². The van der Waals surface area contributed by atoms with Gasteiger partial charge in [-0.3, -0.25) is 14.6 Å². The average Bonchev–Trinajstić information content (AvgIpc) is 2.67. The third-order valence-electron chi connectivity index (χ3n) is 4.11. The Kier molecular flexibility index (Phi) is 5.94. The molecule has 27 heavy (non-hydrogen) atoms. The number of anilines is 2. The van der Waals surface area contributed by atoms with Crippen molar-refractivity contribution in [2.75, 3.05) is 10.6 Å². The van der Waals surface area contributed by atoms with E-state index in [-0.39, 0.29) is 17.7 Å². The van der Waals surface area contributed by atoms with Crippen molar-refractivity contribution < 1.29 is 9.59 Å². The van der Waals surface area contributed by atoms with Crippen LogP contribution in [0, 0.1) is 0 Å². The summed E-state index contributed by atoms with van der Waals surface area (Å²) < 4.78 is 0. The first-order chi connectivity index (χ1) is 13.1. The molecule has 1 heterocycles. The summed E-state index contributed by atoms with van der Waals surface area (Å²) in [6, 6.07) is 22.5. The summed E-state index contributed by atoms with van der Waals surface area (Å²) in [5.41, 5.74) is 3.06. The predicted octanol–water partition coefficient (Wildman–Crippen LogP) is 4.01. The number of carbonyl (C=O) groups excluding carboxylic acids is 2. The van der Waals surface area contributed by atoms with E-state index in [1.165, 1.54) is 6.92 Å². The molecule has 0 fully saturated rings. The Hall–Kier alpha value is -3.47. The molecular formula is C22H21N3O2. The Morgan fingerprint density at radius 3 is 2.26 bits per heavy atom. The number of benzene rings is 2. The first kappa shape index (κ1) is 18.3. The zero-order valence-corrected chi connectivity index (χ0v) is 15.1. The zero-order valence-electron chi connectivity index (χ0n) is 15.1. The van der Waals surface area contributed by atoms with Crippen LogP contribution in [-0.2, 0) is 16.0 Å². The van der Waals surface area contributed by atoms with Gasteiger partial charge >= 0.3 is 0 Å². The number of nitrogens with zero attached hydrogens (tertiary/aromatic N) is 1. The van der Waals surface area contributed by atoms with Crippen molar-refractivity contribution in [3.63, 3.8) is 0 Å². The van der Waals surface area contributed by atoms with Crippen LogP contribution in [0.4, 0.5) is 11.4 Å². The fraction of sp³-hybridized carbons (Fsp3) is 0.136. The molecule has 136 valence electrons. The molecule has 3 aromatic rings. The summed E-state index contributed by atoms with van der Waals surface area (Å²) in [7, 11) is 0. The molecule has 1 unspecified atom stereocenters. The SMILES string of the molecule is CC(=O)Nc1cccc(NC(=O)C(Cc2ccccn2)c2ccccc2)c1. The Bertz CT molecular complexity index is 911. The Morgan fingerprint density at radius 1 is 0.889 bits per heavy atom. The smallest absolute Gasteiger partial charge is 0.232 e. The van der Waals surface area contributed by atoms with Crippen LogP contribution in [-0.4, -0.2) is 16.8 Å². The molecule has 0 radical (unpaired) electrons. The minimum absolute atomic E-state index is 0.119. The van der Waals surface area contributed by atoms with Crippen molar-refractivity contribution in [1.29, 1.82) is 0 Å². The maximum absolute atomic E-state index is 13.0. The van der Waals surface area contributed by atoms with Crippen LogP contribution in [0.3, 0.4) is 0 Å². The van der Waals surface area contributed by atoms with Gasteiger partial charge in [-0.2, -0.15) is 0 Å². The van der Waals surface area contributed by atoms with Gasteiger partial charge in [-0.1, -0.05) is 42.5 Å². The lowest BCUT2D eigenvalue weighted by molar-refractivity contribution is -0.117. The summed E-state index contributed by atoms with van der Waals surface area (Å²) in [5, 5.41) is 5.68. The van der Waals surface area contributed by atoms with E-state index in [0.717, 1.165) is 11.3 Å². The van der Waals surface area contributed by atoms with Crippen LogP contribution in [0.25, 0.3) is 0 Å². The van der Waals surface area contributed by atoms with Gasteiger partial charge < -0.3 is 10.6 Å². The molecule has 0 aliphatic rings. The molecule has 0 saturated carbocycles. The Balaban J connectivity index is 1.82. The maximum Gasteiger partial charge on any atom is 0.232 e. The number of nitrogens with one attached hydrogen (secondary N) is 2. The highest BCUT2D eigenvalue weighted by molar-refractivity contribution is 5.97. The molecule has 2 N–H and O–H groups in total. The van der Waals surface area contributed by atoms with Crippen LogP contribution < -0.4 is 10.6 Å². The van der Waals surface area contributed by atoms with E-state index in [1.54, 1.807) is 30.5 Å². The second kappa shape index (κ2) is 8.76. The highest BCUT2D eigenvalue weighted by Gasteiger charge is 2.22. The van der Waals surface area contributed by atoms with Crippen molar-refractivity contribution in [1.82, 2.24) is 4.98 Å². The van der Waals surface area contributed by atoms with Gasteiger partial charge in [0, 0.05) is 36.6 Å². The van der Waals surface area contributed by atoms with E-state index in [9.17, 15) is 9.59 Å². The molecule has 2 aromatic carbocycles. The molecule has 0 saturated heterocycles. The number of hydrogen-bond acceptors (Lipinski definition) is 3. The summed E-state index contributed by atoms with van der Waals surface area (Å²) in [6.45, 7) is 1.45. The van der Waals surface area contributed by atoms with E-state index in [4.69, 9.17) is 0 Å². The quantitative estimate of drug-likeness (QED) is 0.699. The third-order valence-corrected chi connectivity index (χ3v) is 4.11. The second-order valence-corrected chi connectivity index (χ2v) is 6.24. The van der Waals surface area contributed by atoms with Gasteiger partial charge in [0.15, 0.2) is 0 Å². The summed E-state index contributed by atoms with van der Waals surface area (Å²) >= 11 is 0. The molecule has 1 aromatic heterocycles. The second-order valence-electron chi connectivity index (χ2n) is 6.24. The molecule has 0 aliphatic carbocycles. The van der Waals surface area contributed by atoms with Gasteiger partial charge in [-0.15, -0.1) is 0 Å². The minimum atomic E-state index is -0.370. The third kappa shape index (κ3) is 5.25. The van der Waals surface area contributed by atoms with Crippen LogP contribution in [0.5, 0.6) is 0 Å². The van der Waals surface area contributed by atoms with Gasteiger partial charge in [0.2, 0.25) is 11.8 Å². The number of carbonyl (C=O) groups is 2. The fourth-order valence-electron chi connectivity index (χ4n) is 2.88. The lowest BCUT2D eigenvalue weighted by atomic mass is 9.93. The molecule has 0 bridgehead atoms. The van der Waals surface area contributed by atoms with Crippen molar-refractivity contribution in [2.45, 2.75) is 19.3 Å². The number of hydrogen-bond donors (Lipinski definition) is 2. The number of aromatic nitrogens is 1. The van der Waals surface area contributed by atoms with Crippen LogP contribution in [0.15, 0.2) is 79.0 Å². The summed E-state index contributed by atoms with van der Waals surface area (Å²) in [5.74, 6) is -0.645. The summed E-state index contributed by atoms with van der Waals surface area (Å²) in [4.78, 5) is 28.6. The molecule has 1 atom stereocenters. The lowest BCUT2D eigenvalue weighted by Crippen LogP contribution is -2.23. The van der Waals surface area contributed by atoms with Crippen molar-refractivity contribution >= 4 is 23.2 Å². The molecule has 0 spiro atoms. The zero-order chi connectivity index (χ0) is 19.1. The van der Waals surface area contributed by atoms with Crippen molar-refractivity contribution in [2.24, 2.45) is 0 Å². The van der Waals surface area contributed by atoms with Crippen molar-refractivity contribution in [3.8, 4) is 0 Å². The Morgan fingerprint density at radius 2 is 1.59 bits per heavy atom. The van der Waals surface area contributed by atoms with Crippen LogP contribution in [0.2, 0.25) is 0 Å². The van der Waals surface area contributed by atoms with Gasteiger partial charge in [0.05, 0.1) is 5.92 Å². The van der Waals surface area contributed by atoms with E-state index >= 15 is 0 Å². The molecular weight excluding hydrogens is 338 g/mol. The monoisotopic (exact) mass is 359 g/mol. The predicted molar refractivity (Wildman–Crippen MR) is 106 cm³/mol. The van der Waals surface area contributed by atoms with Crippen molar-refractivity contribution in [3.05, 3.63) is 90.3 Å². The van der Waals surface area contributed by atoms with Crippen LogP contribution >= 0.6 is 0 Å². The van der Waals surface area contributed by atoms with Crippen LogP contribution in [0.1, 0.15) is 24.1 Å². The van der Waals surface area contributed by atoms with E-state index < -0.39 is 0 Å². The maximum atomic E-state index is 13.0. The number of rotatable bonds is 6. The average molecular weight is 359 g/mol. The van der Waals surface area contributed by atoms with Gasteiger partial charge in [0.25, 0.3) is 0 Å². The molecule has 5 heteroatoms. The molecule has 5 nitrogen and oxygen atoms in total. The lowest BCUT2D eigenvalue weighted by Gasteiger charge is -2.17. The fourth-order valence-corrected chi connectivity index (χ4v) is 2.88. The topological polar surface area (TPSA) is 71.1 Å². The highest BCUT2D eigenvalue weighted by Crippen LogP contribution is 2.23. The van der Waals surface area contributed by atoms with Gasteiger partial charge in [-0.05, 0) is 35.9 Å². The first-order valence-corrected chi connectivity index (χ1v) is 8.75. The number of pyridine rings is 1.